The van der Waals surface area contributed by atoms with Crippen molar-refractivity contribution < 1.29 is 25.3 Å². The fourth-order valence-corrected chi connectivity index (χ4v) is 0.694. The molecule has 0 heterocycles. The van der Waals surface area contributed by atoms with E-state index < -0.39 is 43.2 Å². The lowest BCUT2D eigenvalue weighted by molar-refractivity contribution is -0.152. The van der Waals surface area contributed by atoms with E-state index in [1.807, 2.05) is 0 Å². The van der Waals surface area contributed by atoms with Crippen LogP contribution in [0.3, 0.4) is 0 Å². The predicted octanol–water partition coefficient (Wildman–Crippen LogP) is 1.31. The van der Waals surface area contributed by atoms with Crippen LogP contribution in [0.1, 0.15) is 43.4 Å². The van der Waals surface area contributed by atoms with Crippen LogP contribution in [0.5, 0.6) is 0 Å². The average molecular weight is 178 g/mol. The van der Waals surface area contributed by atoms with Gasteiger partial charge in [0.15, 0.2) is 0 Å². The van der Waals surface area contributed by atoms with E-state index in [9.17, 15) is 9.59 Å². The molecule has 0 aromatic carbocycles. The highest BCUT2D eigenvalue weighted by molar-refractivity contribution is 5.99. The molecular formula is C9H14O3. The van der Waals surface area contributed by atoms with Crippen LogP contribution in [-0.2, 0) is 14.3 Å². The Morgan fingerprint density at radius 1 is 1.83 bits per heavy atom. The number of Topliss-reactive ketones (excluding diaryl/α,β-unsaturated/α-hetero) is 1. The maximum absolute atomic E-state index is 12.0. The Morgan fingerprint density at radius 3 is 3.25 bits per heavy atom. The van der Waals surface area contributed by atoms with Crippen LogP contribution in [0.25, 0.3) is 0 Å². The maximum Gasteiger partial charge on any atom is 0.316 e. The molecule has 0 saturated heterocycles. The maximum atomic E-state index is 12.0. The number of esters is 1. The number of ether oxygens (including phenoxy) is 1. The SMILES string of the molecule is [2H]C1C([2H])(C(=O)OCC)C(=O)C([2H])([2H])C([2H])([2H])C1([2H])[2H]. The summed E-state index contributed by atoms with van der Waals surface area (Å²) in [5.74, 6) is -6.49. The normalized spacial score (nSPS) is 58.4. The van der Waals surface area contributed by atoms with Gasteiger partial charge >= 0.3 is 5.97 Å². The van der Waals surface area contributed by atoms with E-state index in [0.29, 0.717) is 0 Å². The largest absolute Gasteiger partial charge is 0.465 e. The molecule has 68 valence electrons. The van der Waals surface area contributed by atoms with E-state index in [1.165, 1.54) is 6.92 Å². The van der Waals surface area contributed by atoms with Crippen LogP contribution in [-0.4, -0.2) is 18.4 Å². The zero-order valence-electron chi connectivity index (χ0n) is 14.5. The van der Waals surface area contributed by atoms with Crippen molar-refractivity contribution in [3.8, 4) is 0 Å². The van der Waals surface area contributed by atoms with Crippen molar-refractivity contribution in [3.05, 3.63) is 0 Å². The molecule has 12 heavy (non-hydrogen) atoms. The van der Waals surface area contributed by atoms with Gasteiger partial charge in [0, 0.05) is 16.0 Å². The molecule has 0 aromatic heterocycles. The third-order valence-corrected chi connectivity index (χ3v) is 1.20. The fraction of sp³-hybridized carbons (Fsp3) is 0.778. The molecule has 1 rings (SSSR count). The first kappa shape index (κ1) is 3.13. The molecule has 1 aliphatic carbocycles. The minimum absolute atomic E-state index is 0.238. The van der Waals surface area contributed by atoms with Crippen molar-refractivity contribution in [3.63, 3.8) is 0 Å². The Balaban J connectivity index is 3.51. The summed E-state index contributed by atoms with van der Waals surface area (Å²) in [7, 11) is 0. The average Bonchev–Trinajstić information content (AvgIpc) is 2.34. The summed E-state index contributed by atoms with van der Waals surface area (Å²) in [5.41, 5.74) is 0. The number of carbonyl (C=O) groups is 2. The molecule has 0 aromatic rings. The number of hydrogen-bond acceptors (Lipinski definition) is 3. The Kier molecular flexibility index (Phi) is 1.10. The highest BCUT2D eigenvalue weighted by atomic mass is 16.5. The minimum atomic E-state index is -3.43. The Hall–Kier alpha value is -0.860. The molecule has 0 N–H and O–H groups in total. The zero-order valence-corrected chi connectivity index (χ0v) is 6.51. The van der Waals surface area contributed by atoms with Crippen LogP contribution >= 0.6 is 0 Å². The second-order valence-corrected chi connectivity index (χ2v) is 2.00. The van der Waals surface area contributed by atoms with Gasteiger partial charge in [-0.25, -0.2) is 0 Å². The predicted molar refractivity (Wildman–Crippen MR) is 43.6 cm³/mol. The quantitative estimate of drug-likeness (QED) is 0.473. The lowest BCUT2D eigenvalue weighted by Gasteiger charge is -2.18. The van der Waals surface area contributed by atoms with E-state index in [0.717, 1.165) is 0 Å². The smallest absolute Gasteiger partial charge is 0.316 e. The first-order valence-electron chi connectivity index (χ1n) is 7.51. The van der Waals surface area contributed by atoms with Gasteiger partial charge in [-0.05, 0) is 19.7 Å². The zero-order chi connectivity index (χ0) is 16.1. The fourth-order valence-electron chi connectivity index (χ4n) is 0.694. The van der Waals surface area contributed by atoms with Crippen molar-refractivity contribution in [2.75, 3.05) is 6.61 Å². The Bertz CT molecular complexity index is 448. The van der Waals surface area contributed by atoms with E-state index in [-0.39, 0.29) is 6.61 Å². The number of hydrogen-bond donors (Lipinski definition) is 0. The molecule has 1 fully saturated rings. The summed E-state index contributed by atoms with van der Waals surface area (Å²) in [4.78, 5) is 23.7. The second-order valence-electron chi connectivity index (χ2n) is 2.00. The molecule has 2 atom stereocenters. The lowest BCUT2D eigenvalue weighted by Crippen LogP contribution is -2.28. The molecule has 0 radical (unpaired) electrons. The summed E-state index contributed by atoms with van der Waals surface area (Å²) in [6, 6.07) is 0. The molecule has 3 heteroatoms. The van der Waals surface area contributed by atoms with Gasteiger partial charge in [0.2, 0.25) is 0 Å². The van der Waals surface area contributed by atoms with Gasteiger partial charge in [0.25, 0.3) is 0 Å². The first-order valence-corrected chi connectivity index (χ1v) is 3.44. The summed E-state index contributed by atoms with van der Waals surface area (Å²) in [6.45, 7) is 1.13. The van der Waals surface area contributed by atoms with Crippen molar-refractivity contribution in [2.45, 2.75) is 32.4 Å². The Labute approximate surface area is 83.3 Å². The van der Waals surface area contributed by atoms with Crippen molar-refractivity contribution in [2.24, 2.45) is 5.89 Å². The second kappa shape index (κ2) is 4.24. The number of ketones is 1. The number of carbonyl (C=O) groups excluding carboxylic acids is 2. The van der Waals surface area contributed by atoms with Crippen LogP contribution < -0.4 is 0 Å². The third kappa shape index (κ3) is 2.06. The van der Waals surface area contributed by atoms with Crippen LogP contribution in [0, 0.1) is 5.89 Å². The first-order chi connectivity index (χ1) is 8.79. The van der Waals surface area contributed by atoms with Crippen molar-refractivity contribution in [1.82, 2.24) is 0 Å². The van der Waals surface area contributed by atoms with Crippen molar-refractivity contribution in [1.29, 1.82) is 0 Å². The summed E-state index contributed by atoms with van der Waals surface area (Å²) < 4.78 is 64.7. The highest BCUT2D eigenvalue weighted by Crippen LogP contribution is 2.21. The van der Waals surface area contributed by atoms with E-state index in [1.54, 1.807) is 0 Å². The number of rotatable bonds is 2. The highest BCUT2D eigenvalue weighted by Gasteiger charge is 2.29. The Morgan fingerprint density at radius 2 is 2.58 bits per heavy atom. The van der Waals surface area contributed by atoms with E-state index >= 15 is 0 Å². The van der Waals surface area contributed by atoms with Gasteiger partial charge in [-0.2, -0.15) is 0 Å². The molecule has 0 aliphatic heterocycles. The molecule has 2 unspecified atom stereocenters. The summed E-state index contributed by atoms with van der Waals surface area (Å²) >= 11 is 0. The van der Waals surface area contributed by atoms with Crippen LogP contribution in [0.15, 0.2) is 0 Å². The molecule has 0 bridgehead atoms. The molecule has 3 nitrogen and oxygen atoms in total. The molecule has 0 spiro atoms. The van der Waals surface area contributed by atoms with Crippen LogP contribution in [0.4, 0.5) is 0 Å². The van der Waals surface area contributed by atoms with Gasteiger partial charge in [0.05, 0.1) is 7.98 Å². The van der Waals surface area contributed by atoms with E-state index in [2.05, 4.69) is 4.74 Å². The molecule has 0 amide bonds. The van der Waals surface area contributed by atoms with Gasteiger partial charge < -0.3 is 4.74 Å². The van der Waals surface area contributed by atoms with Gasteiger partial charge in [-0.1, -0.05) is 6.37 Å². The molecule has 1 aliphatic rings. The third-order valence-electron chi connectivity index (χ3n) is 1.20. The minimum Gasteiger partial charge on any atom is -0.465 e. The molecule has 1 saturated carbocycles. The van der Waals surface area contributed by atoms with Crippen LogP contribution in [0.2, 0.25) is 0 Å². The van der Waals surface area contributed by atoms with Crippen molar-refractivity contribution >= 4 is 11.8 Å². The summed E-state index contributed by atoms with van der Waals surface area (Å²) in [6.07, 6.45) is -12.4. The molecular weight excluding hydrogens is 156 g/mol. The lowest BCUT2D eigenvalue weighted by atomic mass is 9.88. The topological polar surface area (TPSA) is 43.4 Å². The monoisotopic (exact) mass is 178 g/mol. The van der Waals surface area contributed by atoms with Gasteiger partial charge in [-0.3, -0.25) is 9.59 Å². The van der Waals surface area contributed by atoms with E-state index in [4.69, 9.17) is 11.0 Å². The van der Waals surface area contributed by atoms with Gasteiger partial charge in [0.1, 0.15) is 11.7 Å². The summed E-state index contributed by atoms with van der Waals surface area (Å²) in [5, 5.41) is 0. The standard InChI is InChI=1S/C9H14O3/c1-2-12-9(11)7-5-3-4-6-8(7)10/h7H,2-6H2,1H3/i3D2,4D2,5D,6D2,7D. The van der Waals surface area contributed by atoms with Gasteiger partial charge in [-0.15, -0.1) is 0 Å².